The molecule has 1 N–H and O–H groups in total. The van der Waals surface area contributed by atoms with E-state index in [-0.39, 0.29) is 0 Å². The van der Waals surface area contributed by atoms with Crippen LogP contribution in [-0.2, 0) is 14.3 Å². The number of nitrogens with zero attached hydrogens (tertiary/aromatic N) is 2. The number of alkyl halides is 1. The van der Waals surface area contributed by atoms with Crippen molar-refractivity contribution in [2.24, 2.45) is 10.2 Å². The highest BCUT2D eigenvalue weighted by Gasteiger charge is 2.50. The highest BCUT2D eigenvalue weighted by Crippen LogP contribution is 2.30. The van der Waals surface area contributed by atoms with Gasteiger partial charge in [-0.3, -0.25) is 0 Å². The first-order valence-electron chi connectivity index (χ1n) is 5.89. The zero-order valence-corrected chi connectivity index (χ0v) is 11.9. The molecule has 1 aliphatic rings. The molecule has 0 amide bonds. The number of carbonyl (C=O) groups excluding carboxylic acids is 1. The van der Waals surface area contributed by atoms with E-state index >= 15 is 0 Å². The first kappa shape index (κ1) is 15.6. The SMILES string of the molecule is CC(C)(C)OC(=O)C1(C(=O)O)C=C(CCCCl)N=N1. The third-order valence-corrected chi connectivity index (χ3v) is 2.58. The number of allylic oxidation sites excluding steroid dienone is 1. The average Bonchev–Trinajstić information content (AvgIpc) is 2.69. The van der Waals surface area contributed by atoms with Gasteiger partial charge in [0.05, 0.1) is 5.70 Å². The van der Waals surface area contributed by atoms with Crippen molar-refractivity contribution >= 4 is 23.5 Å². The molecule has 0 saturated carbocycles. The van der Waals surface area contributed by atoms with Crippen LogP contribution in [0.5, 0.6) is 0 Å². The molecule has 1 heterocycles. The molecule has 6 nitrogen and oxygen atoms in total. The fourth-order valence-electron chi connectivity index (χ4n) is 1.46. The predicted octanol–water partition coefficient (Wildman–Crippen LogP) is 2.52. The van der Waals surface area contributed by atoms with E-state index in [1.165, 1.54) is 6.08 Å². The molecule has 0 aromatic rings. The number of carboxylic acids is 1. The van der Waals surface area contributed by atoms with Crippen molar-refractivity contribution in [3.8, 4) is 0 Å². The van der Waals surface area contributed by atoms with Crippen molar-refractivity contribution in [1.82, 2.24) is 0 Å². The molecule has 0 aromatic heterocycles. The minimum absolute atomic E-state index is 0.430. The maximum Gasteiger partial charge on any atom is 0.352 e. The smallest absolute Gasteiger partial charge is 0.352 e. The standard InChI is InChI=1S/C12H17ClN2O4/c1-11(2,3)19-10(18)12(9(16)17)7-8(14-15-12)5-4-6-13/h7H,4-6H2,1-3H3,(H,16,17). The monoisotopic (exact) mass is 288 g/mol. The van der Waals surface area contributed by atoms with Gasteiger partial charge in [0.2, 0.25) is 0 Å². The van der Waals surface area contributed by atoms with Gasteiger partial charge < -0.3 is 9.84 Å². The number of carboxylic acid groups (broad SMARTS) is 1. The van der Waals surface area contributed by atoms with Gasteiger partial charge in [0.15, 0.2) is 0 Å². The number of halogens is 1. The summed E-state index contributed by atoms with van der Waals surface area (Å²) in [5.74, 6) is -1.90. The summed E-state index contributed by atoms with van der Waals surface area (Å²) >= 11 is 5.56. The molecule has 0 fully saturated rings. The molecule has 0 aromatic carbocycles. The molecule has 106 valence electrons. The Kier molecular flexibility index (Phi) is 4.68. The molecule has 1 rings (SSSR count). The lowest BCUT2D eigenvalue weighted by Gasteiger charge is -2.24. The van der Waals surface area contributed by atoms with E-state index < -0.39 is 23.1 Å². The van der Waals surface area contributed by atoms with Crippen molar-refractivity contribution in [2.45, 2.75) is 44.8 Å². The van der Waals surface area contributed by atoms with Crippen LogP contribution >= 0.6 is 11.6 Å². The predicted molar refractivity (Wildman–Crippen MR) is 69.1 cm³/mol. The van der Waals surface area contributed by atoms with E-state index in [1.807, 2.05) is 0 Å². The average molecular weight is 289 g/mol. The Morgan fingerprint density at radius 2 is 2.11 bits per heavy atom. The summed E-state index contributed by atoms with van der Waals surface area (Å²) < 4.78 is 5.09. The maximum absolute atomic E-state index is 12.0. The molecule has 0 bridgehead atoms. The Hall–Kier alpha value is -1.43. The molecule has 0 radical (unpaired) electrons. The first-order valence-corrected chi connectivity index (χ1v) is 6.42. The number of ether oxygens (including phenoxy) is 1. The van der Waals surface area contributed by atoms with Gasteiger partial charge >= 0.3 is 11.9 Å². The van der Waals surface area contributed by atoms with Gasteiger partial charge in [-0.15, -0.1) is 11.6 Å². The van der Waals surface area contributed by atoms with Crippen LogP contribution in [0.2, 0.25) is 0 Å². The Balaban J connectivity index is 2.96. The highest BCUT2D eigenvalue weighted by atomic mass is 35.5. The van der Waals surface area contributed by atoms with Crippen LogP contribution in [0.4, 0.5) is 0 Å². The van der Waals surface area contributed by atoms with Gasteiger partial charge in [-0.25, -0.2) is 9.59 Å². The number of aliphatic carboxylic acids is 1. The molecule has 1 unspecified atom stereocenters. The van der Waals surface area contributed by atoms with Crippen molar-refractivity contribution in [3.05, 3.63) is 11.8 Å². The van der Waals surface area contributed by atoms with Crippen LogP contribution in [0.25, 0.3) is 0 Å². The number of hydrogen-bond donors (Lipinski definition) is 1. The minimum Gasteiger partial charge on any atom is -0.479 e. The Bertz CT molecular complexity index is 440. The lowest BCUT2D eigenvalue weighted by molar-refractivity contribution is -0.166. The lowest BCUT2D eigenvalue weighted by atomic mass is 9.99. The van der Waals surface area contributed by atoms with Gasteiger partial charge in [-0.05, 0) is 39.7 Å². The van der Waals surface area contributed by atoms with E-state index in [4.69, 9.17) is 16.3 Å². The summed E-state index contributed by atoms with van der Waals surface area (Å²) in [5, 5.41) is 16.6. The summed E-state index contributed by atoms with van der Waals surface area (Å²) in [5.41, 5.74) is -2.41. The second-order valence-electron chi connectivity index (χ2n) is 5.20. The summed E-state index contributed by atoms with van der Waals surface area (Å²) in [6.07, 6.45) is 2.34. The second kappa shape index (κ2) is 5.69. The zero-order valence-electron chi connectivity index (χ0n) is 11.1. The quantitative estimate of drug-likeness (QED) is 0.478. The van der Waals surface area contributed by atoms with Crippen LogP contribution in [0.3, 0.4) is 0 Å². The molecule has 1 atom stereocenters. The van der Waals surface area contributed by atoms with Crippen molar-refractivity contribution in [3.63, 3.8) is 0 Å². The number of hydrogen-bond acceptors (Lipinski definition) is 5. The molecular formula is C12H17ClN2O4. The molecule has 7 heteroatoms. The largest absolute Gasteiger partial charge is 0.479 e. The van der Waals surface area contributed by atoms with E-state index in [9.17, 15) is 14.7 Å². The number of esters is 1. The topological polar surface area (TPSA) is 88.3 Å². The van der Waals surface area contributed by atoms with Gasteiger partial charge in [-0.1, -0.05) is 0 Å². The molecule has 0 saturated heterocycles. The number of carbonyl (C=O) groups is 2. The van der Waals surface area contributed by atoms with Crippen molar-refractivity contribution < 1.29 is 19.4 Å². The summed E-state index contributed by atoms with van der Waals surface area (Å²) in [6.45, 7) is 4.97. The van der Waals surface area contributed by atoms with Crippen LogP contribution in [0.1, 0.15) is 33.6 Å². The summed E-state index contributed by atoms with van der Waals surface area (Å²) in [6, 6.07) is 0. The van der Waals surface area contributed by atoms with Gasteiger partial charge in [0, 0.05) is 5.88 Å². The lowest BCUT2D eigenvalue weighted by Crippen LogP contribution is -2.46. The van der Waals surface area contributed by atoms with E-state index in [2.05, 4.69) is 10.2 Å². The fraction of sp³-hybridized carbons (Fsp3) is 0.667. The Morgan fingerprint density at radius 3 is 2.58 bits per heavy atom. The molecule has 1 aliphatic heterocycles. The van der Waals surface area contributed by atoms with Crippen LogP contribution < -0.4 is 0 Å². The number of azo groups is 1. The van der Waals surface area contributed by atoms with Crippen molar-refractivity contribution in [2.75, 3.05) is 5.88 Å². The van der Waals surface area contributed by atoms with Crippen LogP contribution in [0.15, 0.2) is 22.0 Å². The first-order chi connectivity index (χ1) is 8.71. The van der Waals surface area contributed by atoms with Gasteiger partial charge in [0.25, 0.3) is 5.54 Å². The van der Waals surface area contributed by atoms with Crippen LogP contribution in [0, 0.1) is 0 Å². The van der Waals surface area contributed by atoms with E-state index in [1.54, 1.807) is 20.8 Å². The molecule has 0 aliphatic carbocycles. The molecule has 19 heavy (non-hydrogen) atoms. The number of rotatable bonds is 5. The third-order valence-electron chi connectivity index (χ3n) is 2.31. The van der Waals surface area contributed by atoms with E-state index in [0.29, 0.717) is 24.4 Å². The van der Waals surface area contributed by atoms with Crippen molar-refractivity contribution in [1.29, 1.82) is 0 Å². The van der Waals surface area contributed by atoms with Crippen LogP contribution in [-0.4, -0.2) is 34.1 Å². The van der Waals surface area contributed by atoms with Gasteiger partial charge in [-0.2, -0.15) is 10.2 Å². The third kappa shape index (κ3) is 3.76. The highest BCUT2D eigenvalue weighted by molar-refractivity contribution is 6.17. The maximum atomic E-state index is 12.0. The summed E-state index contributed by atoms with van der Waals surface area (Å²) in [7, 11) is 0. The fourth-order valence-corrected chi connectivity index (χ4v) is 1.59. The molecular weight excluding hydrogens is 272 g/mol. The normalized spacial score (nSPS) is 22.2. The second-order valence-corrected chi connectivity index (χ2v) is 5.58. The minimum atomic E-state index is -2.06. The van der Waals surface area contributed by atoms with E-state index in [0.717, 1.165) is 0 Å². The Labute approximate surface area is 116 Å². The zero-order chi connectivity index (χ0) is 14.7. The Morgan fingerprint density at radius 1 is 1.47 bits per heavy atom. The van der Waals surface area contributed by atoms with Gasteiger partial charge in [0.1, 0.15) is 5.60 Å². The summed E-state index contributed by atoms with van der Waals surface area (Å²) in [4.78, 5) is 23.4. The molecule has 0 spiro atoms.